The zero-order chi connectivity index (χ0) is 4.28. The van der Waals surface area contributed by atoms with Gasteiger partial charge in [-0.05, 0) is 6.08 Å². The van der Waals surface area contributed by atoms with Crippen LogP contribution in [0.1, 0.15) is 0 Å². The van der Waals surface area contributed by atoms with Crippen LogP contribution in [0, 0.1) is 0 Å². The molecule has 1 amide bonds. The summed E-state index contributed by atoms with van der Waals surface area (Å²) < 4.78 is 0. The minimum absolute atomic E-state index is 0. The van der Waals surface area contributed by atoms with E-state index in [-0.39, 0.29) is 9.90 Å². The van der Waals surface area contributed by atoms with Gasteiger partial charge in [-0.2, -0.15) is 9.90 Å². The molecule has 0 saturated carbocycles. The van der Waals surface area contributed by atoms with E-state index in [9.17, 15) is 4.79 Å². The Morgan fingerprint density at radius 2 is 2.00 bits per heavy atom. The molecular weight excluding hydrogens is 97.0 g/mol. The molecule has 0 heterocycles. The van der Waals surface area contributed by atoms with E-state index in [1.54, 1.807) is 0 Å². The normalized spacial score (nSPS) is 5.33. The van der Waals surface area contributed by atoms with E-state index in [2.05, 4.69) is 12.3 Å². The predicted octanol–water partition coefficient (Wildman–Crippen LogP) is -0.284. The maximum absolute atomic E-state index is 9.47. The van der Waals surface area contributed by atoms with Gasteiger partial charge < -0.3 is 5.73 Å². The van der Waals surface area contributed by atoms with Crippen molar-refractivity contribution in [2.24, 2.45) is 5.73 Å². The lowest BCUT2D eigenvalue weighted by atomic mass is 10.6. The summed E-state index contributed by atoms with van der Waals surface area (Å²) >= 11 is 0. The minimum Gasteiger partial charge on any atom is -0.366 e. The lowest BCUT2D eigenvalue weighted by Crippen LogP contribution is -2.04. The Hall–Kier alpha value is -0.360. The van der Waals surface area contributed by atoms with Crippen LogP contribution in [0.4, 0.5) is 0 Å². The van der Waals surface area contributed by atoms with Crippen LogP contribution in [0.5, 0.6) is 0 Å². The zero-order valence-corrected chi connectivity index (χ0v) is 4.89. The second-order valence-corrected chi connectivity index (χ2v) is 0.606. The number of rotatable bonds is 1. The Kier molecular flexibility index (Phi) is 7.09. The van der Waals surface area contributed by atoms with E-state index in [0.29, 0.717) is 0 Å². The van der Waals surface area contributed by atoms with Gasteiger partial charge in [0.25, 0.3) is 0 Å². The van der Waals surface area contributed by atoms with Gasteiger partial charge in [0.05, 0.1) is 0 Å². The second kappa shape index (κ2) is 4.64. The molecule has 0 saturated heterocycles. The summed E-state index contributed by atoms with van der Waals surface area (Å²) in [7, 11) is 0. The number of carbonyl (C=O) groups excluding carboxylic acids is 1. The summed E-state index contributed by atoms with van der Waals surface area (Å²) in [5.74, 6) is -0.481. The lowest BCUT2D eigenvalue weighted by Gasteiger charge is -1.65. The van der Waals surface area contributed by atoms with Gasteiger partial charge in [-0.25, -0.2) is 0 Å². The molecule has 0 aromatic heterocycles. The molecule has 2 nitrogen and oxygen atoms in total. The number of primary amides is 1. The van der Waals surface area contributed by atoms with Crippen molar-refractivity contribution in [3.8, 4) is 0 Å². The fourth-order valence-electron chi connectivity index (χ4n) is 0. The van der Waals surface area contributed by atoms with Gasteiger partial charge in [0, 0.05) is 0 Å². The van der Waals surface area contributed by atoms with Gasteiger partial charge in [0.1, 0.15) is 0 Å². The van der Waals surface area contributed by atoms with Gasteiger partial charge in [0.15, 0.2) is 0 Å². The molecule has 6 heavy (non-hydrogen) atoms. The first-order valence-electron chi connectivity index (χ1n) is 1.19. The summed E-state index contributed by atoms with van der Waals surface area (Å²) in [6.45, 7) is 3.09. The lowest BCUT2D eigenvalue weighted by molar-refractivity contribution is -0.113. The van der Waals surface area contributed by atoms with Gasteiger partial charge >= 0.3 is 0 Å². The van der Waals surface area contributed by atoms with Crippen molar-refractivity contribution in [2.75, 3.05) is 0 Å². The van der Waals surface area contributed by atoms with Crippen LogP contribution in [0.2, 0.25) is 0 Å². The highest BCUT2D eigenvalue weighted by molar-refractivity contribution is 6.92. The fourth-order valence-corrected chi connectivity index (χ4v) is 0. The van der Waals surface area contributed by atoms with Crippen LogP contribution in [0.3, 0.4) is 0 Å². The quantitative estimate of drug-likeness (QED) is 0.361. The van der Waals surface area contributed by atoms with E-state index < -0.39 is 5.91 Å². The minimum atomic E-state index is -0.481. The molecular formula is C3H8NOP. The maximum Gasteiger partial charge on any atom is 0.240 e. The Morgan fingerprint density at radius 1 is 1.83 bits per heavy atom. The van der Waals surface area contributed by atoms with Crippen molar-refractivity contribution in [1.82, 2.24) is 0 Å². The van der Waals surface area contributed by atoms with Crippen LogP contribution in [0.15, 0.2) is 12.7 Å². The number of nitrogens with two attached hydrogens (primary N) is 1. The van der Waals surface area contributed by atoms with Gasteiger partial charge in [-0.1, -0.05) is 6.58 Å². The fraction of sp³-hybridized carbons (Fsp3) is 0. The van der Waals surface area contributed by atoms with E-state index in [4.69, 9.17) is 0 Å². The SMILES string of the molecule is C=CC(N)=O.P. The number of hydrogen-bond donors (Lipinski definition) is 1. The third-order valence-corrected chi connectivity index (χ3v) is 0.201. The molecule has 0 bridgehead atoms. The van der Waals surface area contributed by atoms with E-state index in [1.165, 1.54) is 0 Å². The molecule has 0 rings (SSSR count). The summed E-state index contributed by atoms with van der Waals surface area (Å²) in [5, 5.41) is 0. The van der Waals surface area contributed by atoms with Crippen molar-refractivity contribution in [3.63, 3.8) is 0 Å². The molecule has 0 aromatic rings. The summed E-state index contributed by atoms with van der Waals surface area (Å²) in [6, 6.07) is 0. The molecule has 1 unspecified atom stereocenters. The molecule has 36 valence electrons. The van der Waals surface area contributed by atoms with Gasteiger partial charge in [0.2, 0.25) is 5.91 Å². The van der Waals surface area contributed by atoms with Crippen LogP contribution in [0.25, 0.3) is 0 Å². The maximum atomic E-state index is 9.47. The Morgan fingerprint density at radius 3 is 2.00 bits per heavy atom. The molecule has 0 fully saturated rings. The summed E-state index contributed by atoms with van der Waals surface area (Å²) in [5.41, 5.74) is 4.53. The number of hydrogen-bond acceptors (Lipinski definition) is 1. The zero-order valence-electron chi connectivity index (χ0n) is 3.48. The molecule has 0 aliphatic heterocycles. The standard InChI is InChI=1S/C3H5NO.H3P/c1-2-3(4)5;/h2H,1H2,(H2,4,5);1H3. The van der Waals surface area contributed by atoms with Crippen LogP contribution in [-0.2, 0) is 4.79 Å². The monoisotopic (exact) mass is 105 g/mol. The number of amides is 1. The van der Waals surface area contributed by atoms with Crippen molar-refractivity contribution in [2.45, 2.75) is 0 Å². The summed E-state index contributed by atoms with van der Waals surface area (Å²) in [4.78, 5) is 9.47. The molecule has 1 atom stereocenters. The van der Waals surface area contributed by atoms with E-state index >= 15 is 0 Å². The van der Waals surface area contributed by atoms with Crippen LogP contribution < -0.4 is 5.73 Å². The molecule has 0 aliphatic carbocycles. The smallest absolute Gasteiger partial charge is 0.240 e. The predicted molar refractivity (Wildman–Crippen MR) is 30.5 cm³/mol. The molecule has 2 N–H and O–H groups in total. The summed E-state index contributed by atoms with van der Waals surface area (Å²) in [6.07, 6.45) is 1.06. The van der Waals surface area contributed by atoms with Gasteiger partial charge in [-0.15, -0.1) is 0 Å². The highest BCUT2D eigenvalue weighted by atomic mass is 31.0. The Balaban J connectivity index is 0. The van der Waals surface area contributed by atoms with Crippen molar-refractivity contribution in [3.05, 3.63) is 12.7 Å². The average Bonchev–Trinajstić information content (AvgIpc) is 1.38. The van der Waals surface area contributed by atoms with Crippen LogP contribution >= 0.6 is 9.90 Å². The van der Waals surface area contributed by atoms with E-state index in [0.717, 1.165) is 6.08 Å². The molecule has 0 radical (unpaired) electrons. The number of carbonyl (C=O) groups is 1. The molecule has 0 spiro atoms. The first-order valence-corrected chi connectivity index (χ1v) is 1.19. The van der Waals surface area contributed by atoms with Crippen molar-refractivity contribution >= 4 is 15.8 Å². The van der Waals surface area contributed by atoms with E-state index in [1.807, 2.05) is 0 Å². The Bertz CT molecular complexity index is 61.8. The first-order chi connectivity index (χ1) is 2.27. The molecule has 3 heteroatoms. The largest absolute Gasteiger partial charge is 0.366 e. The third kappa shape index (κ3) is 9.43. The average molecular weight is 105 g/mol. The van der Waals surface area contributed by atoms with Gasteiger partial charge in [-0.3, -0.25) is 4.79 Å². The van der Waals surface area contributed by atoms with Crippen molar-refractivity contribution in [1.29, 1.82) is 0 Å². The Labute approximate surface area is 40.0 Å². The molecule has 0 aliphatic rings. The highest BCUT2D eigenvalue weighted by Gasteiger charge is 1.69. The van der Waals surface area contributed by atoms with Crippen LogP contribution in [-0.4, -0.2) is 5.91 Å². The second-order valence-electron chi connectivity index (χ2n) is 0.606. The highest BCUT2D eigenvalue weighted by Crippen LogP contribution is 1.48. The topological polar surface area (TPSA) is 43.1 Å². The third-order valence-electron chi connectivity index (χ3n) is 0.201. The first kappa shape index (κ1) is 9.16. The molecule has 0 aromatic carbocycles. The van der Waals surface area contributed by atoms with Crippen molar-refractivity contribution < 1.29 is 4.79 Å².